The molecule has 0 atom stereocenters. The standard InChI is InChI=1S/C16H12N4O8/c21-15(27-9-11-5-1-3-7-13(11)19(23)24)17-18-16(22)28-10-12-6-2-4-8-14(12)20(25)26/h1-8H,9-10H2/b18-17+. The lowest BCUT2D eigenvalue weighted by Gasteiger charge is -2.03. The van der Waals surface area contributed by atoms with Gasteiger partial charge in [0.15, 0.2) is 0 Å². The minimum absolute atomic E-state index is 0.134. The van der Waals surface area contributed by atoms with Crippen LogP contribution in [0, 0.1) is 20.2 Å². The van der Waals surface area contributed by atoms with Crippen LogP contribution in [0.5, 0.6) is 0 Å². The van der Waals surface area contributed by atoms with Crippen LogP contribution in [-0.4, -0.2) is 22.0 Å². The maximum atomic E-state index is 11.5. The summed E-state index contributed by atoms with van der Waals surface area (Å²) in [6.45, 7) is -0.888. The predicted octanol–water partition coefficient (Wildman–Crippen LogP) is 3.93. The number of ether oxygens (including phenoxy) is 2. The molecule has 28 heavy (non-hydrogen) atoms. The third kappa shape index (κ3) is 5.66. The minimum atomic E-state index is -1.26. The van der Waals surface area contributed by atoms with Gasteiger partial charge >= 0.3 is 12.2 Å². The Labute approximate surface area is 156 Å². The molecule has 0 aliphatic rings. The number of carbonyl (C=O) groups excluding carboxylic acids is 2. The summed E-state index contributed by atoms with van der Waals surface area (Å²) in [6, 6.07) is 11.2. The zero-order chi connectivity index (χ0) is 20.5. The second kappa shape index (κ2) is 9.47. The van der Waals surface area contributed by atoms with Crippen LogP contribution in [0.4, 0.5) is 21.0 Å². The molecule has 12 heteroatoms. The molecule has 0 heterocycles. The van der Waals surface area contributed by atoms with Gasteiger partial charge in [0.1, 0.15) is 13.2 Å². The number of para-hydroxylation sites is 2. The molecule has 2 rings (SSSR count). The van der Waals surface area contributed by atoms with Crippen LogP contribution < -0.4 is 0 Å². The van der Waals surface area contributed by atoms with Gasteiger partial charge in [-0.1, -0.05) is 34.5 Å². The van der Waals surface area contributed by atoms with Gasteiger partial charge in [0.25, 0.3) is 11.4 Å². The van der Waals surface area contributed by atoms with Crippen molar-refractivity contribution in [3.05, 3.63) is 79.9 Å². The maximum absolute atomic E-state index is 11.5. The first-order valence-corrected chi connectivity index (χ1v) is 7.58. The number of rotatable bonds is 6. The molecule has 12 nitrogen and oxygen atoms in total. The van der Waals surface area contributed by atoms with Crippen molar-refractivity contribution in [3.8, 4) is 0 Å². The van der Waals surface area contributed by atoms with E-state index in [1.54, 1.807) is 0 Å². The third-order valence-corrected chi connectivity index (χ3v) is 3.29. The van der Waals surface area contributed by atoms with Crippen LogP contribution >= 0.6 is 0 Å². The van der Waals surface area contributed by atoms with Crippen molar-refractivity contribution in [2.75, 3.05) is 0 Å². The molecule has 0 spiro atoms. The van der Waals surface area contributed by atoms with Gasteiger partial charge in [0.05, 0.1) is 21.0 Å². The Bertz CT molecular complexity index is 868. The zero-order valence-electron chi connectivity index (χ0n) is 14.1. The molecule has 0 aromatic heterocycles. The van der Waals surface area contributed by atoms with E-state index in [-0.39, 0.29) is 22.5 Å². The number of hydrogen-bond donors (Lipinski definition) is 0. The molecule has 0 aliphatic carbocycles. The molecule has 0 saturated heterocycles. The van der Waals surface area contributed by atoms with Gasteiger partial charge in [-0.3, -0.25) is 20.2 Å². The summed E-state index contributed by atoms with van der Waals surface area (Å²) in [6.07, 6.45) is -2.53. The first-order chi connectivity index (χ1) is 13.4. The number of benzene rings is 2. The Balaban J connectivity index is 1.87. The second-order valence-electron chi connectivity index (χ2n) is 5.08. The molecule has 2 aromatic rings. The van der Waals surface area contributed by atoms with Gasteiger partial charge in [0, 0.05) is 12.1 Å². The fraction of sp³-hybridized carbons (Fsp3) is 0.125. The van der Waals surface area contributed by atoms with E-state index in [9.17, 15) is 29.8 Å². The number of azo groups is 1. The van der Waals surface area contributed by atoms with Gasteiger partial charge in [-0.2, -0.15) is 0 Å². The molecular formula is C16H12N4O8. The molecule has 0 aliphatic heterocycles. The smallest absolute Gasteiger partial charge is 0.442 e. The molecule has 0 bridgehead atoms. The SMILES string of the molecule is O=C(/N=N/C(=O)OCc1ccccc1[N+](=O)[O-])OCc1ccccc1[N+](=O)[O-]. The molecule has 0 unspecified atom stereocenters. The van der Waals surface area contributed by atoms with E-state index in [0.717, 1.165) is 0 Å². The van der Waals surface area contributed by atoms with Gasteiger partial charge < -0.3 is 9.47 Å². The van der Waals surface area contributed by atoms with Crippen LogP contribution in [0.3, 0.4) is 0 Å². The predicted molar refractivity (Wildman–Crippen MR) is 91.4 cm³/mol. The number of amides is 2. The lowest BCUT2D eigenvalue weighted by molar-refractivity contribution is -0.386. The van der Waals surface area contributed by atoms with Gasteiger partial charge in [-0.15, -0.1) is 0 Å². The summed E-state index contributed by atoms with van der Waals surface area (Å²) >= 11 is 0. The van der Waals surface area contributed by atoms with Crippen molar-refractivity contribution < 1.29 is 28.9 Å². The Hall–Kier alpha value is -4.22. The Morgan fingerprint density at radius 2 is 1.11 bits per heavy atom. The van der Waals surface area contributed by atoms with Crippen LogP contribution in [0.25, 0.3) is 0 Å². The maximum Gasteiger partial charge on any atom is 0.452 e. The number of nitro benzene ring substituents is 2. The Morgan fingerprint density at radius 3 is 1.46 bits per heavy atom. The number of hydrogen-bond acceptors (Lipinski definition) is 8. The summed E-state index contributed by atoms with van der Waals surface area (Å²) in [4.78, 5) is 43.4. The third-order valence-electron chi connectivity index (χ3n) is 3.29. The average Bonchev–Trinajstić information content (AvgIpc) is 2.69. The van der Waals surface area contributed by atoms with Crippen molar-refractivity contribution in [1.82, 2.24) is 0 Å². The highest BCUT2D eigenvalue weighted by molar-refractivity contribution is 5.73. The van der Waals surface area contributed by atoms with E-state index in [4.69, 9.17) is 0 Å². The van der Waals surface area contributed by atoms with Crippen molar-refractivity contribution in [1.29, 1.82) is 0 Å². The molecule has 0 fully saturated rings. The lowest BCUT2D eigenvalue weighted by atomic mass is 10.2. The van der Waals surface area contributed by atoms with E-state index in [1.165, 1.54) is 48.5 Å². The van der Waals surface area contributed by atoms with Crippen LogP contribution in [0.2, 0.25) is 0 Å². The van der Waals surface area contributed by atoms with Gasteiger partial charge in [-0.05, 0) is 12.1 Å². The highest BCUT2D eigenvalue weighted by Crippen LogP contribution is 2.19. The lowest BCUT2D eigenvalue weighted by Crippen LogP contribution is -2.04. The quantitative estimate of drug-likeness (QED) is 0.408. The van der Waals surface area contributed by atoms with Crippen LogP contribution in [0.1, 0.15) is 11.1 Å². The molecule has 2 amide bonds. The summed E-state index contributed by atoms with van der Waals surface area (Å²) in [7, 11) is 0. The molecule has 0 radical (unpaired) electrons. The monoisotopic (exact) mass is 388 g/mol. The Morgan fingerprint density at radius 1 is 0.750 bits per heavy atom. The fourth-order valence-electron chi connectivity index (χ4n) is 2.04. The van der Waals surface area contributed by atoms with E-state index < -0.39 is 35.2 Å². The second-order valence-corrected chi connectivity index (χ2v) is 5.08. The number of carbonyl (C=O) groups is 2. The van der Waals surface area contributed by atoms with Crippen LogP contribution in [0.15, 0.2) is 58.8 Å². The summed E-state index contributed by atoms with van der Waals surface area (Å²) in [5.41, 5.74) is -0.211. The van der Waals surface area contributed by atoms with Gasteiger partial charge in [0.2, 0.25) is 0 Å². The van der Waals surface area contributed by atoms with E-state index in [0.29, 0.717) is 0 Å². The van der Waals surface area contributed by atoms with E-state index in [2.05, 4.69) is 19.7 Å². The largest absolute Gasteiger partial charge is 0.452 e. The van der Waals surface area contributed by atoms with E-state index >= 15 is 0 Å². The molecular weight excluding hydrogens is 376 g/mol. The minimum Gasteiger partial charge on any atom is -0.442 e. The highest BCUT2D eigenvalue weighted by atomic mass is 16.6. The normalized spacial score (nSPS) is 10.4. The molecule has 0 N–H and O–H groups in total. The van der Waals surface area contributed by atoms with Crippen molar-refractivity contribution >= 4 is 23.6 Å². The molecule has 0 saturated carbocycles. The number of nitrogens with zero attached hydrogens (tertiary/aromatic N) is 4. The molecule has 2 aromatic carbocycles. The topological polar surface area (TPSA) is 164 Å². The van der Waals surface area contributed by atoms with Crippen molar-refractivity contribution in [2.24, 2.45) is 10.2 Å². The highest BCUT2D eigenvalue weighted by Gasteiger charge is 2.15. The van der Waals surface area contributed by atoms with Crippen molar-refractivity contribution in [2.45, 2.75) is 13.2 Å². The first-order valence-electron chi connectivity index (χ1n) is 7.58. The number of nitro groups is 2. The summed E-state index contributed by atoms with van der Waals surface area (Å²) < 4.78 is 9.36. The zero-order valence-corrected chi connectivity index (χ0v) is 14.1. The van der Waals surface area contributed by atoms with E-state index in [1.807, 2.05) is 0 Å². The summed E-state index contributed by atoms with van der Waals surface area (Å²) in [5.74, 6) is 0. The molecule has 144 valence electrons. The fourth-order valence-corrected chi connectivity index (χ4v) is 2.04. The van der Waals surface area contributed by atoms with Gasteiger partial charge in [-0.25, -0.2) is 9.59 Å². The first kappa shape index (κ1) is 20.1. The van der Waals surface area contributed by atoms with Crippen molar-refractivity contribution in [3.63, 3.8) is 0 Å². The Kier molecular flexibility index (Phi) is 6.80. The average molecular weight is 388 g/mol. The van der Waals surface area contributed by atoms with Crippen LogP contribution in [-0.2, 0) is 22.7 Å². The summed E-state index contributed by atoms with van der Waals surface area (Å²) in [5, 5.41) is 27.7.